The minimum absolute atomic E-state index is 0.0464. The average molecular weight is 239 g/mol. The molecule has 16 heavy (non-hydrogen) atoms. The monoisotopic (exact) mass is 239 g/mol. The fourth-order valence-corrected chi connectivity index (χ4v) is 1.87. The maximum atomic E-state index is 11.3. The second-order valence-corrected chi connectivity index (χ2v) is 4.77. The lowest BCUT2D eigenvalue weighted by atomic mass is 10.4. The third kappa shape index (κ3) is 3.34. The van der Waals surface area contributed by atoms with E-state index in [0.717, 1.165) is 17.7 Å². The van der Waals surface area contributed by atoms with Crippen LogP contribution in [0.25, 0.3) is 0 Å². The molecule has 0 unspecified atom stereocenters. The quantitative estimate of drug-likeness (QED) is 0.788. The second-order valence-electron chi connectivity index (χ2n) is 3.74. The van der Waals surface area contributed by atoms with Crippen molar-refractivity contribution >= 4 is 23.2 Å². The summed E-state index contributed by atoms with van der Waals surface area (Å²) < 4.78 is 4.85. The largest absolute Gasteiger partial charge is 0.455 e. The van der Waals surface area contributed by atoms with E-state index in [1.54, 1.807) is 11.3 Å². The molecule has 1 aromatic heterocycles. The Bertz CT molecular complexity index is 371. The Morgan fingerprint density at radius 1 is 1.50 bits per heavy atom. The summed E-state index contributed by atoms with van der Waals surface area (Å²) in [6.45, 7) is 0.332. The topological polar surface area (TPSA) is 55.4 Å². The first-order valence-electron chi connectivity index (χ1n) is 5.21. The number of carbonyl (C=O) groups is 2. The molecule has 0 bridgehead atoms. The first-order chi connectivity index (χ1) is 7.75. The van der Waals surface area contributed by atoms with Gasteiger partial charge in [0, 0.05) is 4.88 Å². The molecule has 1 aliphatic carbocycles. The highest BCUT2D eigenvalue weighted by Gasteiger charge is 2.31. The van der Waals surface area contributed by atoms with Crippen LogP contribution < -0.4 is 5.32 Å². The second kappa shape index (κ2) is 5.12. The van der Waals surface area contributed by atoms with E-state index in [2.05, 4.69) is 5.32 Å². The molecule has 2 rings (SSSR count). The molecule has 4 nitrogen and oxygen atoms in total. The molecule has 1 N–H and O–H groups in total. The number of thiophene rings is 1. The highest BCUT2D eigenvalue weighted by atomic mass is 32.1. The summed E-state index contributed by atoms with van der Waals surface area (Å²) in [4.78, 5) is 23.5. The minimum Gasteiger partial charge on any atom is -0.455 e. The lowest BCUT2D eigenvalue weighted by Crippen LogP contribution is -2.28. The molecule has 0 saturated heterocycles. The van der Waals surface area contributed by atoms with Crippen molar-refractivity contribution in [2.24, 2.45) is 5.92 Å². The molecule has 0 aromatic carbocycles. The number of esters is 1. The van der Waals surface area contributed by atoms with Crippen LogP contribution in [0.5, 0.6) is 0 Å². The van der Waals surface area contributed by atoms with Crippen LogP contribution in [-0.2, 0) is 20.9 Å². The third-order valence-corrected chi connectivity index (χ3v) is 3.17. The Hall–Kier alpha value is -1.36. The maximum Gasteiger partial charge on any atom is 0.309 e. The Balaban J connectivity index is 1.62. The summed E-state index contributed by atoms with van der Waals surface area (Å²) in [6.07, 6.45) is 1.80. The summed E-state index contributed by atoms with van der Waals surface area (Å²) in [6, 6.07) is 3.88. The number of amides is 1. The summed E-state index contributed by atoms with van der Waals surface area (Å²) in [5, 5.41) is 4.65. The number of rotatable bonds is 5. The van der Waals surface area contributed by atoms with Gasteiger partial charge in [0.1, 0.15) is 0 Å². The normalized spacial score (nSPS) is 14.5. The van der Waals surface area contributed by atoms with Crippen LogP contribution in [0.2, 0.25) is 0 Å². The van der Waals surface area contributed by atoms with Gasteiger partial charge in [-0.3, -0.25) is 9.59 Å². The molecule has 1 fully saturated rings. The molecule has 1 heterocycles. The van der Waals surface area contributed by atoms with Gasteiger partial charge >= 0.3 is 5.97 Å². The van der Waals surface area contributed by atoms with Gasteiger partial charge in [-0.15, -0.1) is 11.3 Å². The van der Waals surface area contributed by atoms with Crippen LogP contribution in [0.15, 0.2) is 17.5 Å². The van der Waals surface area contributed by atoms with Crippen LogP contribution in [0.4, 0.5) is 0 Å². The molecule has 5 heteroatoms. The van der Waals surface area contributed by atoms with Gasteiger partial charge in [0.2, 0.25) is 0 Å². The number of ether oxygens (including phenoxy) is 1. The Labute approximate surface area is 97.6 Å². The fraction of sp³-hybridized carbons (Fsp3) is 0.455. The molecule has 0 radical (unpaired) electrons. The predicted molar refractivity (Wildman–Crippen MR) is 59.8 cm³/mol. The predicted octanol–water partition coefficient (Wildman–Crippen LogP) is 1.32. The van der Waals surface area contributed by atoms with Crippen molar-refractivity contribution in [3.05, 3.63) is 22.4 Å². The first-order valence-corrected chi connectivity index (χ1v) is 6.09. The number of hydrogen-bond donors (Lipinski definition) is 1. The highest BCUT2D eigenvalue weighted by Crippen LogP contribution is 2.29. The Morgan fingerprint density at radius 2 is 2.31 bits per heavy atom. The third-order valence-electron chi connectivity index (χ3n) is 2.30. The smallest absolute Gasteiger partial charge is 0.309 e. The van der Waals surface area contributed by atoms with E-state index in [1.807, 2.05) is 17.5 Å². The van der Waals surface area contributed by atoms with Crippen LogP contribution in [0, 0.1) is 5.92 Å². The molecular weight excluding hydrogens is 226 g/mol. The van der Waals surface area contributed by atoms with E-state index in [1.165, 1.54) is 0 Å². The van der Waals surface area contributed by atoms with E-state index < -0.39 is 0 Å². The molecule has 1 amide bonds. The van der Waals surface area contributed by atoms with Crippen LogP contribution in [0.3, 0.4) is 0 Å². The van der Waals surface area contributed by atoms with Crippen LogP contribution in [-0.4, -0.2) is 18.5 Å². The van der Waals surface area contributed by atoms with Crippen LogP contribution in [0.1, 0.15) is 17.7 Å². The van der Waals surface area contributed by atoms with Crippen molar-refractivity contribution in [2.45, 2.75) is 19.4 Å². The van der Waals surface area contributed by atoms with Gasteiger partial charge in [-0.2, -0.15) is 0 Å². The first kappa shape index (κ1) is 11.1. The molecule has 1 aromatic rings. The fourth-order valence-electron chi connectivity index (χ4n) is 1.22. The zero-order valence-electron chi connectivity index (χ0n) is 8.77. The maximum absolute atomic E-state index is 11.3. The van der Waals surface area contributed by atoms with E-state index in [0.29, 0.717) is 6.54 Å². The zero-order valence-corrected chi connectivity index (χ0v) is 9.59. The zero-order chi connectivity index (χ0) is 11.4. The van der Waals surface area contributed by atoms with E-state index >= 15 is 0 Å². The Morgan fingerprint density at radius 3 is 2.94 bits per heavy atom. The number of hydrogen-bond acceptors (Lipinski definition) is 4. The average Bonchev–Trinajstić information content (AvgIpc) is 3.01. The number of carbonyl (C=O) groups excluding carboxylic acids is 2. The summed E-state index contributed by atoms with van der Waals surface area (Å²) in [5.41, 5.74) is 0. The standard InChI is InChI=1S/C11H13NO3S/c13-10(7-15-11(14)8-3-4-8)12-6-9-2-1-5-16-9/h1-2,5,8H,3-4,6-7H2,(H,12,13). The van der Waals surface area contributed by atoms with Crippen LogP contribution >= 0.6 is 11.3 Å². The molecule has 0 atom stereocenters. The minimum atomic E-state index is -0.248. The van der Waals surface area contributed by atoms with Crippen molar-refractivity contribution in [1.82, 2.24) is 5.32 Å². The lowest BCUT2D eigenvalue weighted by Gasteiger charge is -2.04. The molecule has 86 valence electrons. The van der Waals surface area contributed by atoms with E-state index in [4.69, 9.17) is 4.74 Å². The molecule has 1 saturated carbocycles. The summed E-state index contributed by atoms with van der Waals surface area (Å²) in [7, 11) is 0. The SMILES string of the molecule is O=C(COC(=O)C1CC1)NCc1cccs1. The summed E-state index contributed by atoms with van der Waals surface area (Å²) in [5.74, 6) is -0.446. The van der Waals surface area contributed by atoms with Gasteiger partial charge in [-0.1, -0.05) is 6.07 Å². The molecule has 0 aliphatic heterocycles. The van der Waals surface area contributed by atoms with Crippen molar-refractivity contribution in [1.29, 1.82) is 0 Å². The van der Waals surface area contributed by atoms with Gasteiger partial charge in [0.25, 0.3) is 5.91 Å². The van der Waals surface area contributed by atoms with Gasteiger partial charge in [-0.25, -0.2) is 0 Å². The van der Waals surface area contributed by atoms with Gasteiger partial charge in [-0.05, 0) is 24.3 Å². The van der Waals surface area contributed by atoms with Crippen molar-refractivity contribution in [2.75, 3.05) is 6.61 Å². The molecule has 1 aliphatic rings. The van der Waals surface area contributed by atoms with Crippen molar-refractivity contribution in [3.8, 4) is 0 Å². The number of nitrogens with one attached hydrogen (secondary N) is 1. The molecule has 0 spiro atoms. The summed E-state index contributed by atoms with van der Waals surface area (Å²) >= 11 is 1.58. The Kier molecular flexibility index (Phi) is 3.56. The van der Waals surface area contributed by atoms with Gasteiger partial charge in [0.15, 0.2) is 6.61 Å². The lowest BCUT2D eigenvalue weighted by molar-refractivity contribution is -0.149. The van der Waals surface area contributed by atoms with Gasteiger partial charge in [0.05, 0.1) is 12.5 Å². The molecular formula is C11H13NO3S. The van der Waals surface area contributed by atoms with Crippen molar-refractivity contribution in [3.63, 3.8) is 0 Å². The van der Waals surface area contributed by atoms with Crippen molar-refractivity contribution < 1.29 is 14.3 Å². The van der Waals surface area contributed by atoms with Gasteiger partial charge < -0.3 is 10.1 Å². The highest BCUT2D eigenvalue weighted by molar-refractivity contribution is 7.09. The van der Waals surface area contributed by atoms with E-state index in [-0.39, 0.29) is 24.4 Å². The van der Waals surface area contributed by atoms with E-state index in [9.17, 15) is 9.59 Å².